The summed E-state index contributed by atoms with van der Waals surface area (Å²) >= 11 is 0. The minimum absolute atomic E-state index is 0. The normalized spacial score (nSPS) is 11.8. The van der Waals surface area contributed by atoms with Gasteiger partial charge in [-0.2, -0.15) is 0 Å². The number of hydrogen-bond donors (Lipinski definition) is 1. The monoisotopic (exact) mass is 852 g/mol. The van der Waals surface area contributed by atoms with Crippen molar-refractivity contribution in [1.29, 1.82) is 0 Å². The van der Waals surface area contributed by atoms with Crippen LogP contribution in [0.25, 0.3) is 85.4 Å². The molecule has 0 unspecified atom stereocenters. The predicted molar refractivity (Wildman–Crippen MR) is 200 cm³/mol. The smallest absolute Gasteiger partial charge is 0.0737 e. The summed E-state index contributed by atoms with van der Waals surface area (Å²) in [5.41, 5.74) is 15.4. The van der Waals surface area contributed by atoms with Gasteiger partial charge in [-0.05, 0) is 83.5 Å². The molecule has 3 aromatic heterocycles. The number of aromatic amines is 1. The predicted octanol–water partition coefficient (Wildman–Crippen LogP) is 11.1. The fraction of sp³-hybridized carbons (Fsp3) is 0. The number of aromatic nitrogens is 4. The van der Waals surface area contributed by atoms with Crippen molar-refractivity contribution >= 4 is 46.4 Å². The van der Waals surface area contributed by atoms with Gasteiger partial charge in [-0.1, -0.05) is 109 Å². The Balaban J connectivity index is 0.00000348. The standard InChI is InChI=1S/C44H30N4.U/c1-5-13-30(14-6-1)41-39-26-25-36(47-39)28-35-22-21-33(45-35)27-34-23-24-37(46-34)29-40-42(31-15-7-2-8-16-31)43(32-17-9-3-10-18-32)44(41)48(40)38-19-11-4-12-20-38;/h1-29,45H;. The SMILES string of the molecule is C1=Cc2cc3c(-c4ccccc4)c(-c4ccccc4)c(c(-c4ccccc4)c4nc(cc5ccc(cc1n2)[nH]5)C=C4)n3-c1ccccc1.[U]. The van der Waals surface area contributed by atoms with Gasteiger partial charge >= 0.3 is 0 Å². The van der Waals surface area contributed by atoms with E-state index in [2.05, 4.69) is 186 Å². The molecular formula is C44H30N4U. The van der Waals surface area contributed by atoms with Gasteiger partial charge in [0.1, 0.15) is 0 Å². The molecule has 2 aliphatic rings. The fourth-order valence-electron chi connectivity index (χ4n) is 6.81. The van der Waals surface area contributed by atoms with Crippen LogP contribution in [0.4, 0.5) is 0 Å². The van der Waals surface area contributed by atoms with E-state index in [1.807, 2.05) is 0 Å². The van der Waals surface area contributed by atoms with Gasteiger partial charge in [0.05, 0.1) is 33.8 Å². The third-order valence-corrected chi connectivity index (χ3v) is 8.87. The molecule has 1 N–H and O–H groups in total. The Morgan fingerprint density at radius 2 is 0.898 bits per heavy atom. The summed E-state index contributed by atoms with van der Waals surface area (Å²) in [6, 6.07) is 53.3. The first-order valence-corrected chi connectivity index (χ1v) is 16.2. The second-order valence-corrected chi connectivity index (χ2v) is 12.0. The van der Waals surface area contributed by atoms with E-state index in [-0.39, 0.29) is 31.1 Å². The number of H-pyrrole nitrogens is 1. The van der Waals surface area contributed by atoms with Gasteiger partial charge in [-0.25, -0.2) is 9.97 Å². The molecule has 0 atom stereocenters. The largest absolute Gasteiger partial charge is 0.355 e. The first kappa shape index (κ1) is 30.8. The van der Waals surface area contributed by atoms with Gasteiger partial charge in [-0.3, -0.25) is 0 Å². The molecule has 0 fully saturated rings. The van der Waals surface area contributed by atoms with E-state index in [9.17, 15) is 0 Å². The average molecular weight is 853 g/mol. The van der Waals surface area contributed by atoms with Gasteiger partial charge in [-0.15, -0.1) is 0 Å². The van der Waals surface area contributed by atoms with E-state index in [1.165, 1.54) is 0 Å². The van der Waals surface area contributed by atoms with Gasteiger partial charge < -0.3 is 9.55 Å². The Kier molecular flexibility index (Phi) is 8.31. The summed E-state index contributed by atoms with van der Waals surface area (Å²) in [5, 5.41) is 0. The fourth-order valence-corrected chi connectivity index (χ4v) is 6.81. The van der Waals surface area contributed by atoms with E-state index in [0.717, 1.165) is 83.9 Å². The van der Waals surface area contributed by atoms with Crippen LogP contribution < -0.4 is 0 Å². The van der Waals surface area contributed by atoms with Crippen molar-refractivity contribution < 1.29 is 31.1 Å². The van der Waals surface area contributed by atoms with Crippen LogP contribution in [0.1, 0.15) is 22.8 Å². The Morgan fingerprint density at radius 1 is 0.429 bits per heavy atom. The maximum absolute atomic E-state index is 5.29. The number of fused-ring (bicyclic) bond motifs is 8. The molecule has 9 rings (SSSR count). The third kappa shape index (κ3) is 5.82. The zero-order valence-corrected chi connectivity index (χ0v) is 30.7. The molecule has 0 saturated carbocycles. The van der Waals surface area contributed by atoms with E-state index < -0.39 is 0 Å². The van der Waals surface area contributed by atoms with E-state index in [4.69, 9.17) is 9.97 Å². The topological polar surface area (TPSA) is 46.5 Å². The molecule has 0 amide bonds. The molecule has 7 aromatic rings. The Labute approximate surface area is 308 Å². The molecule has 5 heteroatoms. The molecule has 230 valence electrons. The number of nitrogens with one attached hydrogen (secondary N) is 1. The zero-order chi connectivity index (χ0) is 31.9. The van der Waals surface area contributed by atoms with Gasteiger partial charge in [0.2, 0.25) is 0 Å². The quantitative estimate of drug-likeness (QED) is 0.192. The molecular weight excluding hydrogens is 823 g/mol. The number of para-hydroxylation sites is 1. The van der Waals surface area contributed by atoms with E-state index >= 15 is 0 Å². The molecule has 4 nitrogen and oxygen atoms in total. The summed E-state index contributed by atoms with van der Waals surface area (Å²) < 4.78 is 2.41. The van der Waals surface area contributed by atoms with Crippen LogP contribution in [-0.2, 0) is 0 Å². The molecule has 8 bridgehead atoms. The van der Waals surface area contributed by atoms with Crippen molar-refractivity contribution in [3.05, 3.63) is 174 Å². The molecule has 0 aliphatic carbocycles. The Hall–Kier alpha value is -5.47. The number of nitrogens with zero attached hydrogens (tertiary/aromatic N) is 3. The summed E-state index contributed by atoms with van der Waals surface area (Å²) in [6.07, 6.45) is 8.44. The van der Waals surface area contributed by atoms with Crippen LogP contribution in [0.2, 0.25) is 0 Å². The van der Waals surface area contributed by atoms with Crippen molar-refractivity contribution in [2.24, 2.45) is 0 Å². The maximum atomic E-state index is 5.29. The third-order valence-electron chi connectivity index (χ3n) is 8.87. The van der Waals surface area contributed by atoms with Crippen molar-refractivity contribution in [2.45, 2.75) is 0 Å². The molecule has 4 aromatic carbocycles. The summed E-state index contributed by atoms with van der Waals surface area (Å²) in [6.45, 7) is 0. The Morgan fingerprint density at radius 3 is 1.49 bits per heavy atom. The summed E-state index contributed by atoms with van der Waals surface area (Å²) in [5.74, 6) is 0. The van der Waals surface area contributed by atoms with Gasteiger partial charge in [0, 0.05) is 64.5 Å². The molecule has 49 heavy (non-hydrogen) atoms. The summed E-state index contributed by atoms with van der Waals surface area (Å²) in [7, 11) is 0. The van der Waals surface area contributed by atoms with Crippen molar-refractivity contribution in [1.82, 2.24) is 19.5 Å². The van der Waals surface area contributed by atoms with Crippen LogP contribution in [0.3, 0.4) is 0 Å². The first-order valence-electron chi connectivity index (χ1n) is 16.2. The zero-order valence-electron chi connectivity index (χ0n) is 26.6. The number of hydrogen-bond acceptors (Lipinski definition) is 2. The Bertz CT molecular complexity index is 2530. The molecule has 0 spiro atoms. The minimum atomic E-state index is 0. The van der Waals surface area contributed by atoms with Crippen LogP contribution in [0, 0.1) is 31.1 Å². The second kappa shape index (κ2) is 13.2. The molecule has 0 radical (unpaired) electrons. The number of benzene rings is 4. The van der Waals surface area contributed by atoms with E-state index in [0.29, 0.717) is 0 Å². The average Bonchev–Trinajstić information content (AvgIpc) is 3.95. The van der Waals surface area contributed by atoms with Crippen molar-refractivity contribution in [3.63, 3.8) is 0 Å². The molecule has 5 heterocycles. The molecule has 2 aliphatic heterocycles. The van der Waals surface area contributed by atoms with E-state index in [1.54, 1.807) is 0 Å². The van der Waals surface area contributed by atoms with Crippen LogP contribution in [0.5, 0.6) is 0 Å². The molecule has 0 saturated heterocycles. The number of rotatable bonds is 4. The van der Waals surface area contributed by atoms with Crippen molar-refractivity contribution in [3.8, 4) is 39.1 Å². The first-order chi connectivity index (χ1) is 23.8. The van der Waals surface area contributed by atoms with Crippen LogP contribution >= 0.6 is 0 Å². The van der Waals surface area contributed by atoms with Gasteiger partial charge in [0.15, 0.2) is 0 Å². The maximum Gasteiger partial charge on any atom is 0.0737 e. The van der Waals surface area contributed by atoms with Crippen LogP contribution in [-0.4, -0.2) is 19.5 Å². The summed E-state index contributed by atoms with van der Waals surface area (Å²) in [4.78, 5) is 13.9. The second-order valence-electron chi connectivity index (χ2n) is 12.0. The van der Waals surface area contributed by atoms with Crippen LogP contribution in [0.15, 0.2) is 152 Å². The van der Waals surface area contributed by atoms with Gasteiger partial charge in [0.25, 0.3) is 0 Å². The minimum Gasteiger partial charge on any atom is -0.355 e. The van der Waals surface area contributed by atoms with Crippen molar-refractivity contribution in [2.75, 3.05) is 0 Å².